The average Bonchev–Trinajstić information content (AvgIpc) is 2.75. The number of halogens is 3. The summed E-state index contributed by atoms with van der Waals surface area (Å²) in [7, 11) is 0. The van der Waals surface area contributed by atoms with Crippen molar-refractivity contribution in [1.82, 2.24) is 15.3 Å². The third-order valence-corrected chi connectivity index (χ3v) is 5.23. The van der Waals surface area contributed by atoms with Crippen LogP contribution in [0, 0.1) is 11.2 Å². The van der Waals surface area contributed by atoms with Gasteiger partial charge in [-0.15, -0.1) is 0 Å². The van der Waals surface area contributed by atoms with E-state index in [1.165, 1.54) is 30.5 Å². The van der Waals surface area contributed by atoms with E-state index in [-0.39, 0.29) is 33.6 Å². The number of carbonyl (C=O) groups excluding carboxylic acids is 1. The molecule has 0 spiro atoms. The van der Waals surface area contributed by atoms with Crippen molar-refractivity contribution in [1.29, 1.82) is 5.41 Å². The lowest BCUT2D eigenvalue weighted by atomic mass is 9.98. The number of nitrogen functional groups attached to an aromatic ring is 1. The van der Waals surface area contributed by atoms with E-state index in [1.807, 2.05) is 20.8 Å². The Morgan fingerprint density at radius 3 is 2.43 bits per heavy atom. The second-order valence-electron chi connectivity index (χ2n) is 8.56. The van der Waals surface area contributed by atoms with Crippen LogP contribution >= 0.6 is 23.2 Å². The van der Waals surface area contributed by atoms with Gasteiger partial charge in [0.25, 0.3) is 0 Å². The number of carbonyl (C=O) groups is 1. The molecule has 0 aliphatic rings. The molecule has 1 aromatic heterocycles. The molecule has 3 aromatic rings. The quantitative estimate of drug-likeness (QED) is 0.259. The number of rotatable bonds is 6. The van der Waals surface area contributed by atoms with E-state index in [0.717, 1.165) is 0 Å². The summed E-state index contributed by atoms with van der Waals surface area (Å²) in [5.74, 6) is -0.597. The lowest BCUT2D eigenvalue weighted by molar-refractivity contribution is 0.262. The van der Waals surface area contributed by atoms with Crippen LogP contribution in [0.15, 0.2) is 54.9 Å². The van der Waals surface area contributed by atoms with E-state index < -0.39 is 11.8 Å². The molecule has 182 valence electrons. The SMILES string of the molecule is CC(C)(C)N/C=C(\C(=N)c1ccnc(N)n1)c1cc(F)cc(NC(=O)Nc2ccc(Cl)c(Cl)c2)c1. The first kappa shape index (κ1) is 25.9. The molecular weight excluding hydrogens is 492 g/mol. The maximum atomic E-state index is 14.6. The molecule has 11 heteroatoms. The van der Waals surface area contributed by atoms with Gasteiger partial charge in [-0.05, 0) is 68.8 Å². The van der Waals surface area contributed by atoms with Crippen LogP contribution in [0.4, 0.5) is 26.5 Å². The Labute approximate surface area is 212 Å². The molecule has 0 aliphatic heterocycles. The zero-order valence-corrected chi connectivity index (χ0v) is 20.7. The molecule has 0 aliphatic carbocycles. The first-order valence-electron chi connectivity index (χ1n) is 10.4. The van der Waals surface area contributed by atoms with Gasteiger partial charge in [0.15, 0.2) is 0 Å². The molecular formula is C24H24Cl2FN7O. The molecule has 2 amide bonds. The van der Waals surface area contributed by atoms with Gasteiger partial charge in [-0.2, -0.15) is 0 Å². The van der Waals surface area contributed by atoms with Gasteiger partial charge >= 0.3 is 6.03 Å². The molecule has 6 N–H and O–H groups in total. The van der Waals surface area contributed by atoms with Gasteiger partial charge < -0.3 is 21.7 Å². The van der Waals surface area contributed by atoms with Crippen molar-refractivity contribution in [3.8, 4) is 0 Å². The number of nitrogens with one attached hydrogen (secondary N) is 4. The fourth-order valence-corrected chi connectivity index (χ4v) is 3.22. The molecule has 0 atom stereocenters. The Morgan fingerprint density at radius 1 is 1.06 bits per heavy atom. The Kier molecular flexibility index (Phi) is 7.93. The summed E-state index contributed by atoms with van der Waals surface area (Å²) < 4.78 is 14.6. The van der Waals surface area contributed by atoms with E-state index in [1.54, 1.807) is 24.4 Å². The van der Waals surface area contributed by atoms with Crippen molar-refractivity contribution in [2.75, 3.05) is 16.4 Å². The standard InChI is InChI=1S/C24H24Cl2FN7O/c1-24(2,3)31-12-17(21(28)20-6-7-30-22(29)34-20)13-8-14(27)10-16(9-13)33-23(35)32-15-4-5-18(25)19(26)11-15/h4-12,28,31H,1-3H3,(H2,29,30,34)(H2,32,33,35)/b17-12-,28-21?. The maximum Gasteiger partial charge on any atom is 0.323 e. The van der Waals surface area contributed by atoms with Gasteiger partial charge in [0.05, 0.1) is 21.5 Å². The highest BCUT2D eigenvalue weighted by molar-refractivity contribution is 6.42. The molecule has 0 unspecified atom stereocenters. The van der Waals surface area contributed by atoms with E-state index in [4.69, 9.17) is 34.3 Å². The molecule has 1 heterocycles. The Hall–Kier alpha value is -3.69. The first-order valence-corrected chi connectivity index (χ1v) is 11.2. The predicted molar refractivity (Wildman–Crippen MR) is 140 cm³/mol. The van der Waals surface area contributed by atoms with Crippen LogP contribution in [-0.2, 0) is 0 Å². The summed E-state index contributed by atoms with van der Waals surface area (Å²) in [6, 6.07) is 9.52. The van der Waals surface area contributed by atoms with E-state index in [9.17, 15) is 9.18 Å². The van der Waals surface area contributed by atoms with Crippen LogP contribution < -0.4 is 21.7 Å². The van der Waals surface area contributed by atoms with Crippen LogP contribution in [-0.4, -0.2) is 27.2 Å². The summed E-state index contributed by atoms with van der Waals surface area (Å²) in [4.78, 5) is 20.4. The first-order chi connectivity index (χ1) is 16.4. The number of amides is 2. The van der Waals surface area contributed by atoms with Crippen molar-refractivity contribution in [3.63, 3.8) is 0 Å². The zero-order chi connectivity index (χ0) is 25.8. The van der Waals surface area contributed by atoms with E-state index in [0.29, 0.717) is 21.8 Å². The monoisotopic (exact) mass is 515 g/mol. The molecule has 0 radical (unpaired) electrons. The second kappa shape index (κ2) is 10.7. The molecule has 2 aromatic carbocycles. The number of nitrogens with two attached hydrogens (primary N) is 1. The Morgan fingerprint density at radius 2 is 1.77 bits per heavy atom. The van der Waals surface area contributed by atoms with Crippen molar-refractivity contribution in [3.05, 3.63) is 82.0 Å². The smallest absolute Gasteiger partial charge is 0.323 e. The maximum absolute atomic E-state index is 14.6. The topological polar surface area (TPSA) is 129 Å². The molecule has 35 heavy (non-hydrogen) atoms. The number of hydrogen-bond acceptors (Lipinski definition) is 6. The van der Waals surface area contributed by atoms with Gasteiger partial charge in [0.2, 0.25) is 5.95 Å². The minimum atomic E-state index is -0.614. The highest BCUT2D eigenvalue weighted by Gasteiger charge is 2.17. The van der Waals surface area contributed by atoms with Crippen LogP contribution in [0.25, 0.3) is 5.57 Å². The number of allylic oxidation sites excluding steroid dienone is 1. The van der Waals surface area contributed by atoms with Crippen LogP contribution in [0.3, 0.4) is 0 Å². The Balaban J connectivity index is 1.92. The third kappa shape index (κ3) is 7.40. The summed E-state index contributed by atoms with van der Waals surface area (Å²) in [6.07, 6.45) is 3.04. The van der Waals surface area contributed by atoms with Gasteiger partial charge in [0, 0.05) is 34.9 Å². The van der Waals surface area contributed by atoms with Crippen LogP contribution in [0.5, 0.6) is 0 Å². The molecule has 8 nitrogen and oxygen atoms in total. The average molecular weight is 516 g/mol. The molecule has 0 saturated heterocycles. The molecule has 0 fully saturated rings. The number of anilines is 3. The van der Waals surface area contributed by atoms with Crippen LogP contribution in [0.2, 0.25) is 10.0 Å². The van der Waals surface area contributed by atoms with Gasteiger partial charge in [0.1, 0.15) is 5.82 Å². The third-order valence-electron chi connectivity index (χ3n) is 4.49. The van der Waals surface area contributed by atoms with Crippen molar-refractivity contribution in [2.45, 2.75) is 26.3 Å². The number of aromatic nitrogens is 2. The minimum Gasteiger partial charge on any atom is -0.386 e. The summed E-state index contributed by atoms with van der Waals surface area (Å²) >= 11 is 11.9. The highest BCUT2D eigenvalue weighted by atomic mass is 35.5. The largest absolute Gasteiger partial charge is 0.386 e. The second-order valence-corrected chi connectivity index (χ2v) is 9.38. The van der Waals surface area contributed by atoms with E-state index in [2.05, 4.69) is 25.9 Å². The van der Waals surface area contributed by atoms with Crippen molar-refractivity contribution >= 4 is 57.8 Å². The highest BCUT2D eigenvalue weighted by Crippen LogP contribution is 2.26. The molecule has 0 saturated carbocycles. The van der Waals surface area contributed by atoms with Gasteiger partial charge in [-0.3, -0.25) is 5.41 Å². The van der Waals surface area contributed by atoms with E-state index >= 15 is 0 Å². The Bertz CT molecular complexity index is 1310. The summed E-state index contributed by atoms with van der Waals surface area (Å²) in [5, 5.41) is 17.7. The van der Waals surface area contributed by atoms with Gasteiger partial charge in [-0.25, -0.2) is 19.2 Å². The molecule has 0 bridgehead atoms. The fraction of sp³-hybridized carbons (Fsp3) is 0.167. The lowest BCUT2D eigenvalue weighted by Crippen LogP contribution is -2.32. The summed E-state index contributed by atoms with van der Waals surface area (Å²) in [6.45, 7) is 5.83. The van der Waals surface area contributed by atoms with Crippen molar-refractivity contribution < 1.29 is 9.18 Å². The van der Waals surface area contributed by atoms with Crippen molar-refractivity contribution in [2.24, 2.45) is 0 Å². The van der Waals surface area contributed by atoms with Crippen LogP contribution in [0.1, 0.15) is 32.0 Å². The number of nitrogens with zero attached hydrogens (tertiary/aromatic N) is 2. The molecule has 3 rings (SSSR count). The lowest BCUT2D eigenvalue weighted by Gasteiger charge is -2.21. The van der Waals surface area contributed by atoms with Gasteiger partial charge in [-0.1, -0.05) is 23.2 Å². The predicted octanol–water partition coefficient (Wildman–Crippen LogP) is 5.95. The number of hydrogen-bond donors (Lipinski definition) is 5. The normalized spacial score (nSPS) is 11.7. The number of benzene rings is 2. The summed E-state index contributed by atoms with van der Waals surface area (Å²) in [5.41, 5.74) is 6.87. The minimum absolute atomic E-state index is 0.00680. The number of urea groups is 1. The zero-order valence-electron chi connectivity index (χ0n) is 19.2. The fourth-order valence-electron chi connectivity index (χ4n) is 2.92.